The van der Waals surface area contributed by atoms with Crippen LogP contribution in [0, 0.1) is 0 Å². The highest BCUT2D eigenvalue weighted by molar-refractivity contribution is 5.96. The van der Waals surface area contributed by atoms with Gasteiger partial charge in [0.15, 0.2) is 0 Å². The van der Waals surface area contributed by atoms with E-state index in [-0.39, 0.29) is 0 Å². The van der Waals surface area contributed by atoms with Crippen molar-refractivity contribution in [3.05, 3.63) is 59.8 Å². The number of ether oxygens (including phenoxy) is 1. The fourth-order valence-corrected chi connectivity index (χ4v) is 3.54. The maximum atomic E-state index is 12.9. The van der Waals surface area contributed by atoms with Crippen molar-refractivity contribution in [2.45, 2.75) is 58.4 Å². The molecule has 7 heteroatoms. The van der Waals surface area contributed by atoms with E-state index in [0.717, 1.165) is 34.2 Å². The first kappa shape index (κ1) is 22.7. The van der Waals surface area contributed by atoms with Crippen molar-refractivity contribution in [3.63, 3.8) is 0 Å². The largest absolute Gasteiger partial charge is 0.444 e. The predicted molar refractivity (Wildman–Crippen MR) is 116 cm³/mol. The molecule has 1 aromatic heterocycles. The Kier molecular flexibility index (Phi) is 5.82. The first-order chi connectivity index (χ1) is 14.3. The molecule has 31 heavy (non-hydrogen) atoms. The number of aromatic nitrogens is 1. The van der Waals surface area contributed by atoms with Crippen molar-refractivity contribution in [2.24, 2.45) is 0 Å². The minimum atomic E-state index is -4.36. The molecule has 1 amide bonds. The highest BCUT2D eigenvalue weighted by Gasteiger charge is 2.30. The van der Waals surface area contributed by atoms with Crippen LogP contribution in [0.1, 0.15) is 45.7 Å². The number of hydrogen-bond donors (Lipinski definition) is 2. The van der Waals surface area contributed by atoms with Gasteiger partial charge in [-0.05, 0) is 64.3 Å². The molecule has 0 bridgehead atoms. The molecule has 0 spiro atoms. The molecular formula is C24H27F3N2O2. The van der Waals surface area contributed by atoms with E-state index in [1.165, 1.54) is 12.1 Å². The molecule has 0 radical (unpaired) electrons. The van der Waals surface area contributed by atoms with Crippen LogP contribution in [0.5, 0.6) is 0 Å². The minimum absolute atomic E-state index is 0.484. The van der Waals surface area contributed by atoms with Crippen molar-refractivity contribution < 1.29 is 22.7 Å². The first-order valence-electron chi connectivity index (χ1n) is 10.0. The van der Waals surface area contributed by atoms with Crippen molar-refractivity contribution >= 4 is 17.0 Å². The highest BCUT2D eigenvalue weighted by atomic mass is 19.4. The van der Waals surface area contributed by atoms with Gasteiger partial charge in [-0.25, -0.2) is 4.79 Å². The number of H-pyrrole nitrogens is 1. The van der Waals surface area contributed by atoms with Crippen molar-refractivity contribution in [1.29, 1.82) is 0 Å². The van der Waals surface area contributed by atoms with Gasteiger partial charge in [-0.2, -0.15) is 13.2 Å². The molecule has 2 N–H and O–H groups in total. The number of amides is 1. The Bertz CT molecular complexity index is 1070. The van der Waals surface area contributed by atoms with Crippen molar-refractivity contribution in [3.8, 4) is 11.1 Å². The van der Waals surface area contributed by atoms with Crippen LogP contribution in [0.15, 0.2) is 48.7 Å². The molecule has 0 aliphatic heterocycles. The Balaban J connectivity index is 1.86. The Morgan fingerprint density at radius 3 is 2.23 bits per heavy atom. The average molecular weight is 432 g/mol. The summed E-state index contributed by atoms with van der Waals surface area (Å²) in [6.45, 7) is 9.25. The van der Waals surface area contributed by atoms with E-state index in [1.807, 2.05) is 59.0 Å². The molecule has 2 aromatic carbocycles. The van der Waals surface area contributed by atoms with E-state index in [2.05, 4.69) is 10.3 Å². The third-order valence-corrected chi connectivity index (χ3v) is 4.80. The maximum absolute atomic E-state index is 12.9. The molecule has 0 saturated heterocycles. The van der Waals surface area contributed by atoms with Crippen LogP contribution in [0.2, 0.25) is 0 Å². The monoisotopic (exact) mass is 432 g/mol. The van der Waals surface area contributed by atoms with E-state index in [1.54, 1.807) is 0 Å². The zero-order valence-electron chi connectivity index (χ0n) is 18.3. The third-order valence-electron chi connectivity index (χ3n) is 4.80. The normalized spacial score (nSPS) is 12.8. The standard InChI is InChI=1S/C24H27F3N2O2/c1-22(2,3)31-21(30)29-23(4,5)13-16-14-28-20-18(7-6-8-19(16)20)15-9-11-17(12-10-15)24(25,26)27/h6-12,14,28H,13H2,1-5H3,(H,29,30). The van der Waals surface area contributed by atoms with Crippen LogP contribution >= 0.6 is 0 Å². The smallest absolute Gasteiger partial charge is 0.416 e. The minimum Gasteiger partial charge on any atom is -0.444 e. The molecule has 3 rings (SSSR count). The lowest BCUT2D eigenvalue weighted by Gasteiger charge is -2.28. The summed E-state index contributed by atoms with van der Waals surface area (Å²) < 4.78 is 44.0. The van der Waals surface area contributed by atoms with Crippen LogP contribution in [-0.2, 0) is 17.3 Å². The van der Waals surface area contributed by atoms with E-state index >= 15 is 0 Å². The van der Waals surface area contributed by atoms with Crippen LogP contribution < -0.4 is 5.32 Å². The lowest BCUT2D eigenvalue weighted by molar-refractivity contribution is -0.137. The summed E-state index contributed by atoms with van der Waals surface area (Å²) in [7, 11) is 0. The summed E-state index contributed by atoms with van der Waals surface area (Å²) >= 11 is 0. The van der Waals surface area contributed by atoms with E-state index in [4.69, 9.17) is 4.74 Å². The molecule has 3 aromatic rings. The van der Waals surface area contributed by atoms with Gasteiger partial charge in [-0.1, -0.05) is 30.3 Å². The number of hydrogen-bond acceptors (Lipinski definition) is 2. The van der Waals surface area contributed by atoms with Gasteiger partial charge in [-0.15, -0.1) is 0 Å². The summed E-state index contributed by atoms with van der Waals surface area (Å²) in [5, 5.41) is 3.86. The fraction of sp³-hybridized carbons (Fsp3) is 0.375. The molecule has 4 nitrogen and oxygen atoms in total. The van der Waals surface area contributed by atoms with Gasteiger partial charge >= 0.3 is 12.3 Å². The number of halogens is 3. The van der Waals surface area contributed by atoms with Gasteiger partial charge in [0.1, 0.15) is 5.60 Å². The molecule has 0 unspecified atom stereocenters. The van der Waals surface area contributed by atoms with Gasteiger partial charge in [-0.3, -0.25) is 0 Å². The zero-order chi connectivity index (χ0) is 23.0. The van der Waals surface area contributed by atoms with Gasteiger partial charge in [0.25, 0.3) is 0 Å². The molecule has 166 valence electrons. The molecule has 0 atom stereocenters. The molecule has 1 heterocycles. The van der Waals surface area contributed by atoms with Gasteiger partial charge < -0.3 is 15.0 Å². The van der Waals surface area contributed by atoms with Gasteiger partial charge in [0.2, 0.25) is 0 Å². The number of fused-ring (bicyclic) bond motifs is 1. The first-order valence-corrected chi connectivity index (χ1v) is 10.0. The Morgan fingerprint density at radius 2 is 1.65 bits per heavy atom. The number of alkyl carbamates (subject to hydrolysis) is 1. The molecule has 0 aliphatic rings. The Morgan fingerprint density at radius 1 is 1.00 bits per heavy atom. The van der Waals surface area contributed by atoms with E-state index < -0.39 is 29.0 Å². The number of carbonyl (C=O) groups is 1. The number of carbonyl (C=O) groups excluding carboxylic acids is 1. The number of alkyl halides is 3. The topological polar surface area (TPSA) is 54.1 Å². The summed E-state index contributed by atoms with van der Waals surface area (Å²) in [4.78, 5) is 15.4. The van der Waals surface area contributed by atoms with E-state index in [9.17, 15) is 18.0 Å². The average Bonchev–Trinajstić information content (AvgIpc) is 3.01. The molecule has 0 aliphatic carbocycles. The van der Waals surface area contributed by atoms with E-state index in [0.29, 0.717) is 12.0 Å². The Labute approximate surface area is 179 Å². The zero-order valence-corrected chi connectivity index (χ0v) is 18.3. The highest BCUT2D eigenvalue weighted by Crippen LogP contribution is 2.34. The third kappa shape index (κ3) is 5.60. The lowest BCUT2D eigenvalue weighted by Crippen LogP contribution is -2.47. The molecular weight excluding hydrogens is 405 g/mol. The predicted octanol–water partition coefficient (Wildman–Crippen LogP) is 6.70. The molecule has 0 fully saturated rings. The van der Waals surface area contributed by atoms with Gasteiger partial charge in [0.05, 0.1) is 11.1 Å². The SMILES string of the molecule is CC(C)(Cc1c[nH]c2c(-c3ccc(C(F)(F)F)cc3)cccc12)NC(=O)OC(C)(C)C. The van der Waals surface area contributed by atoms with Crippen LogP contribution in [-0.4, -0.2) is 22.2 Å². The number of nitrogens with one attached hydrogen (secondary N) is 2. The fourth-order valence-electron chi connectivity index (χ4n) is 3.54. The second-order valence-electron chi connectivity index (χ2n) is 9.30. The number of rotatable bonds is 4. The second kappa shape index (κ2) is 7.94. The number of para-hydroxylation sites is 1. The maximum Gasteiger partial charge on any atom is 0.416 e. The van der Waals surface area contributed by atoms with Crippen LogP contribution in [0.25, 0.3) is 22.0 Å². The summed E-state index contributed by atoms with van der Waals surface area (Å²) in [5.41, 5.74) is 1.51. The summed E-state index contributed by atoms with van der Waals surface area (Å²) in [5.74, 6) is 0. The summed E-state index contributed by atoms with van der Waals surface area (Å²) in [6, 6.07) is 10.8. The van der Waals surface area contributed by atoms with Gasteiger partial charge in [0, 0.05) is 22.7 Å². The second-order valence-corrected chi connectivity index (χ2v) is 9.30. The summed E-state index contributed by atoms with van der Waals surface area (Å²) in [6.07, 6.45) is -2.43. The number of benzene rings is 2. The quantitative estimate of drug-likeness (QED) is 0.482. The van der Waals surface area contributed by atoms with Crippen molar-refractivity contribution in [1.82, 2.24) is 10.3 Å². The molecule has 0 saturated carbocycles. The Hall–Kier alpha value is -2.96. The number of aromatic amines is 1. The van der Waals surface area contributed by atoms with Crippen molar-refractivity contribution in [2.75, 3.05) is 0 Å². The van der Waals surface area contributed by atoms with Crippen LogP contribution in [0.3, 0.4) is 0 Å². The lowest BCUT2D eigenvalue weighted by atomic mass is 9.93. The van der Waals surface area contributed by atoms with Crippen LogP contribution in [0.4, 0.5) is 18.0 Å².